The van der Waals surface area contributed by atoms with E-state index in [0.717, 1.165) is 12.3 Å². The van der Waals surface area contributed by atoms with Crippen LogP contribution in [0, 0.1) is 17.8 Å². The number of rotatable bonds is 2. The van der Waals surface area contributed by atoms with Crippen LogP contribution >= 0.6 is 0 Å². The van der Waals surface area contributed by atoms with Crippen molar-refractivity contribution in [2.24, 2.45) is 17.8 Å². The molecule has 0 radical (unpaired) electrons. The van der Waals surface area contributed by atoms with Crippen molar-refractivity contribution >= 4 is 11.7 Å². The maximum Gasteiger partial charge on any atom is 0.228 e. The summed E-state index contributed by atoms with van der Waals surface area (Å²) in [7, 11) is 0. The fourth-order valence-corrected chi connectivity index (χ4v) is 3.12. The second kappa shape index (κ2) is 3.36. The zero-order valence-corrected chi connectivity index (χ0v) is 8.57. The molecule has 1 aromatic rings. The highest BCUT2D eigenvalue weighted by atomic mass is 16.2. The predicted octanol–water partition coefficient (Wildman–Crippen LogP) is 1.78. The molecule has 3 atom stereocenters. The number of nitrogens with one attached hydrogen (secondary N) is 2. The first-order valence-electron chi connectivity index (χ1n) is 5.63. The maximum atomic E-state index is 11.9. The van der Waals surface area contributed by atoms with E-state index >= 15 is 0 Å². The van der Waals surface area contributed by atoms with Gasteiger partial charge in [-0.3, -0.25) is 9.89 Å². The average Bonchev–Trinajstić information content (AvgIpc) is 2.93. The number of aromatic amines is 1. The number of aromatic nitrogens is 2. The van der Waals surface area contributed by atoms with E-state index in [1.807, 2.05) is 0 Å². The van der Waals surface area contributed by atoms with Crippen LogP contribution in [0.25, 0.3) is 0 Å². The lowest BCUT2D eigenvalue weighted by atomic mass is 9.88. The number of anilines is 1. The normalized spacial score (nSPS) is 33.2. The molecule has 0 spiro atoms. The van der Waals surface area contributed by atoms with E-state index < -0.39 is 0 Å². The van der Waals surface area contributed by atoms with E-state index in [2.05, 4.69) is 15.5 Å². The first-order valence-corrected chi connectivity index (χ1v) is 5.63. The maximum absolute atomic E-state index is 11.9. The number of hydrogen-bond donors (Lipinski definition) is 2. The quantitative estimate of drug-likeness (QED) is 0.773. The Morgan fingerprint density at radius 3 is 3.00 bits per heavy atom. The van der Waals surface area contributed by atoms with Gasteiger partial charge in [0.05, 0.1) is 6.20 Å². The van der Waals surface area contributed by atoms with Gasteiger partial charge in [-0.15, -0.1) is 0 Å². The Hall–Kier alpha value is -1.32. The van der Waals surface area contributed by atoms with Gasteiger partial charge in [0.2, 0.25) is 5.91 Å². The number of carbonyl (C=O) groups is 1. The molecule has 15 heavy (non-hydrogen) atoms. The molecule has 1 aromatic heterocycles. The lowest BCUT2D eigenvalue weighted by molar-refractivity contribution is -0.121. The Balaban J connectivity index is 1.66. The van der Waals surface area contributed by atoms with Crippen LogP contribution in [-0.4, -0.2) is 16.1 Å². The van der Waals surface area contributed by atoms with Crippen LogP contribution in [-0.2, 0) is 4.79 Å². The van der Waals surface area contributed by atoms with Gasteiger partial charge < -0.3 is 5.32 Å². The van der Waals surface area contributed by atoms with Crippen molar-refractivity contribution in [1.29, 1.82) is 0 Å². The van der Waals surface area contributed by atoms with Gasteiger partial charge >= 0.3 is 0 Å². The fraction of sp³-hybridized carbons (Fsp3) is 0.636. The summed E-state index contributed by atoms with van der Waals surface area (Å²) in [5, 5.41) is 9.46. The first-order chi connectivity index (χ1) is 7.33. The lowest BCUT2D eigenvalue weighted by Gasteiger charge is -2.20. The predicted molar refractivity (Wildman–Crippen MR) is 56.2 cm³/mol. The molecule has 1 amide bonds. The summed E-state index contributed by atoms with van der Waals surface area (Å²) in [6.45, 7) is 0. The second-order valence-electron chi connectivity index (χ2n) is 4.74. The Bertz CT molecular complexity index is 360. The van der Waals surface area contributed by atoms with Gasteiger partial charge in [0.15, 0.2) is 0 Å². The van der Waals surface area contributed by atoms with Crippen LogP contribution in [0.15, 0.2) is 12.3 Å². The molecule has 0 saturated heterocycles. The van der Waals surface area contributed by atoms with Gasteiger partial charge in [0.25, 0.3) is 0 Å². The summed E-state index contributed by atoms with van der Waals surface area (Å²) in [5.74, 6) is 2.58. The number of amides is 1. The average molecular weight is 205 g/mol. The summed E-state index contributed by atoms with van der Waals surface area (Å²) in [5.41, 5.74) is 0. The van der Waals surface area contributed by atoms with E-state index in [-0.39, 0.29) is 11.8 Å². The van der Waals surface area contributed by atoms with Crippen LogP contribution in [0.5, 0.6) is 0 Å². The van der Waals surface area contributed by atoms with E-state index in [1.54, 1.807) is 12.3 Å². The van der Waals surface area contributed by atoms with Crippen LogP contribution in [0.3, 0.4) is 0 Å². The molecule has 3 rings (SSSR count). The molecule has 2 bridgehead atoms. The number of nitrogens with zero attached hydrogens (tertiary/aromatic N) is 1. The molecule has 2 N–H and O–H groups in total. The largest absolute Gasteiger partial charge is 0.311 e. The third kappa shape index (κ3) is 1.54. The Kier molecular flexibility index (Phi) is 2.01. The molecule has 1 heterocycles. The van der Waals surface area contributed by atoms with E-state index in [1.165, 1.54) is 19.3 Å². The summed E-state index contributed by atoms with van der Waals surface area (Å²) >= 11 is 0. The molecule has 3 unspecified atom stereocenters. The minimum atomic E-state index is 0.173. The summed E-state index contributed by atoms with van der Waals surface area (Å²) < 4.78 is 0. The van der Waals surface area contributed by atoms with Gasteiger partial charge in [-0.1, -0.05) is 6.42 Å². The minimum Gasteiger partial charge on any atom is -0.311 e. The van der Waals surface area contributed by atoms with Crippen LogP contribution in [0.1, 0.15) is 25.7 Å². The highest BCUT2D eigenvalue weighted by Crippen LogP contribution is 2.48. The van der Waals surface area contributed by atoms with Gasteiger partial charge in [0.1, 0.15) is 5.82 Å². The van der Waals surface area contributed by atoms with Gasteiger partial charge in [-0.25, -0.2) is 0 Å². The minimum absolute atomic E-state index is 0.173. The molecule has 2 aliphatic carbocycles. The smallest absolute Gasteiger partial charge is 0.228 e. The topological polar surface area (TPSA) is 57.8 Å². The highest BCUT2D eigenvalue weighted by Gasteiger charge is 2.43. The highest BCUT2D eigenvalue weighted by molar-refractivity contribution is 5.92. The van der Waals surface area contributed by atoms with Crippen LogP contribution < -0.4 is 5.32 Å². The number of hydrogen-bond acceptors (Lipinski definition) is 2. The third-order valence-corrected chi connectivity index (χ3v) is 3.83. The molecule has 4 nitrogen and oxygen atoms in total. The molecule has 2 saturated carbocycles. The zero-order valence-electron chi connectivity index (χ0n) is 8.57. The van der Waals surface area contributed by atoms with Crippen molar-refractivity contribution in [3.05, 3.63) is 12.3 Å². The second-order valence-corrected chi connectivity index (χ2v) is 4.74. The van der Waals surface area contributed by atoms with Crippen LogP contribution in [0.4, 0.5) is 5.82 Å². The standard InChI is InChI=1S/C11H15N3O/c15-11(13-10-3-4-12-14-10)9-6-7-1-2-8(9)5-7/h3-4,7-9H,1-2,5-6H2,(H2,12,13,14,15). The van der Waals surface area contributed by atoms with Crippen molar-refractivity contribution in [3.8, 4) is 0 Å². The summed E-state index contributed by atoms with van der Waals surface area (Å²) in [4.78, 5) is 11.9. The molecule has 2 fully saturated rings. The van der Waals surface area contributed by atoms with E-state index in [4.69, 9.17) is 0 Å². The molecule has 4 heteroatoms. The third-order valence-electron chi connectivity index (χ3n) is 3.83. The van der Waals surface area contributed by atoms with Crippen molar-refractivity contribution in [3.63, 3.8) is 0 Å². The molecule has 0 aliphatic heterocycles. The molecule has 0 aromatic carbocycles. The number of carbonyl (C=O) groups excluding carboxylic acids is 1. The number of H-pyrrole nitrogens is 1. The summed E-state index contributed by atoms with van der Waals surface area (Å²) in [6.07, 6.45) is 6.58. The van der Waals surface area contributed by atoms with E-state index in [0.29, 0.717) is 11.7 Å². The molecular weight excluding hydrogens is 190 g/mol. The SMILES string of the molecule is O=C(Nc1ccn[nH]1)C1CC2CCC1C2. The van der Waals surface area contributed by atoms with Crippen molar-refractivity contribution in [2.45, 2.75) is 25.7 Å². The van der Waals surface area contributed by atoms with Crippen molar-refractivity contribution in [2.75, 3.05) is 5.32 Å². The van der Waals surface area contributed by atoms with Gasteiger partial charge in [-0.2, -0.15) is 5.10 Å². The monoisotopic (exact) mass is 205 g/mol. The lowest BCUT2D eigenvalue weighted by Crippen LogP contribution is -2.27. The van der Waals surface area contributed by atoms with Crippen molar-refractivity contribution in [1.82, 2.24) is 10.2 Å². The Morgan fingerprint density at radius 1 is 1.47 bits per heavy atom. The zero-order chi connectivity index (χ0) is 10.3. The summed E-state index contributed by atoms with van der Waals surface area (Å²) in [6, 6.07) is 1.78. The first kappa shape index (κ1) is 8.95. The van der Waals surface area contributed by atoms with E-state index in [9.17, 15) is 4.79 Å². The van der Waals surface area contributed by atoms with Gasteiger partial charge in [0, 0.05) is 12.0 Å². The molecule has 2 aliphatic rings. The number of fused-ring (bicyclic) bond motifs is 2. The van der Waals surface area contributed by atoms with Crippen molar-refractivity contribution < 1.29 is 4.79 Å². The Labute approximate surface area is 88.4 Å². The molecular formula is C11H15N3O. The van der Waals surface area contributed by atoms with Crippen LogP contribution in [0.2, 0.25) is 0 Å². The Morgan fingerprint density at radius 2 is 2.40 bits per heavy atom. The molecule has 80 valence electrons. The fourth-order valence-electron chi connectivity index (χ4n) is 3.12. The van der Waals surface area contributed by atoms with Gasteiger partial charge in [-0.05, 0) is 31.1 Å².